The van der Waals surface area contributed by atoms with Gasteiger partial charge in [0.15, 0.2) is 5.05 Å². The van der Waals surface area contributed by atoms with E-state index in [1.54, 1.807) is 11.3 Å². The van der Waals surface area contributed by atoms with Crippen LogP contribution in [0.5, 0.6) is 5.75 Å². The van der Waals surface area contributed by atoms with Crippen LogP contribution in [-0.4, -0.2) is 17.5 Å². The number of hydrogen-bond acceptors (Lipinski definition) is 4. The number of allylic oxidation sites excluding steroid dienone is 1. The first-order valence-corrected chi connectivity index (χ1v) is 12.1. The van der Waals surface area contributed by atoms with E-state index in [4.69, 9.17) is 17.0 Å². The maximum Gasteiger partial charge on any atom is 0.251 e. The number of rotatable bonds is 9. The molecule has 1 N–H and O–H groups in total. The molecular formula is C26H27NO2S2. The molecule has 3 nitrogen and oxygen atoms in total. The Labute approximate surface area is 193 Å². The number of hydrogen-bond donors (Lipinski definition) is 1. The molecule has 3 aromatic rings. The Morgan fingerprint density at radius 1 is 1.23 bits per heavy atom. The molecule has 1 aliphatic rings. The van der Waals surface area contributed by atoms with Crippen molar-refractivity contribution in [3.63, 3.8) is 0 Å². The minimum Gasteiger partial charge on any atom is -0.450 e. The van der Waals surface area contributed by atoms with Crippen LogP contribution in [0.25, 0.3) is 10.1 Å². The number of thiocarbonyl (C=S) groups is 1. The van der Waals surface area contributed by atoms with Crippen molar-refractivity contribution < 1.29 is 9.53 Å². The molecule has 0 atom stereocenters. The van der Waals surface area contributed by atoms with Crippen LogP contribution in [0.2, 0.25) is 0 Å². The van der Waals surface area contributed by atoms with E-state index in [0.29, 0.717) is 23.1 Å². The van der Waals surface area contributed by atoms with E-state index in [-0.39, 0.29) is 5.91 Å². The number of benzene rings is 2. The summed E-state index contributed by atoms with van der Waals surface area (Å²) in [5, 5.41) is 7.10. The first-order chi connectivity index (χ1) is 15.2. The van der Waals surface area contributed by atoms with E-state index in [0.717, 1.165) is 30.6 Å². The van der Waals surface area contributed by atoms with Gasteiger partial charge < -0.3 is 10.1 Å². The second-order valence-electron chi connectivity index (χ2n) is 8.02. The lowest BCUT2D eigenvalue weighted by molar-refractivity contribution is 0.0954. The average molecular weight is 450 g/mol. The topological polar surface area (TPSA) is 38.3 Å². The number of fused-ring (bicyclic) bond motifs is 1. The zero-order valence-electron chi connectivity index (χ0n) is 17.6. The van der Waals surface area contributed by atoms with Crippen molar-refractivity contribution >= 4 is 44.6 Å². The molecule has 31 heavy (non-hydrogen) atoms. The molecule has 0 radical (unpaired) electrons. The first-order valence-electron chi connectivity index (χ1n) is 10.8. The van der Waals surface area contributed by atoms with Gasteiger partial charge in [0.25, 0.3) is 5.91 Å². The first kappa shape index (κ1) is 21.7. The maximum absolute atomic E-state index is 12.3. The van der Waals surface area contributed by atoms with E-state index < -0.39 is 0 Å². The van der Waals surface area contributed by atoms with Crippen LogP contribution in [0.15, 0.2) is 60.5 Å². The molecule has 5 heteroatoms. The monoisotopic (exact) mass is 449 g/mol. The van der Waals surface area contributed by atoms with Crippen LogP contribution in [0, 0.1) is 5.92 Å². The molecule has 0 bridgehead atoms. The molecule has 0 aliphatic heterocycles. The van der Waals surface area contributed by atoms with E-state index in [1.165, 1.54) is 34.9 Å². The van der Waals surface area contributed by atoms with Crippen LogP contribution in [0.3, 0.4) is 0 Å². The van der Waals surface area contributed by atoms with Gasteiger partial charge in [0, 0.05) is 34.2 Å². The fraction of sp³-hybridized carbons (Fsp3) is 0.308. The molecule has 2 aromatic carbocycles. The molecule has 1 aliphatic carbocycles. The highest BCUT2D eigenvalue weighted by molar-refractivity contribution is 7.80. The van der Waals surface area contributed by atoms with Crippen molar-refractivity contribution in [2.45, 2.75) is 38.5 Å². The molecule has 1 saturated carbocycles. The summed E-state index contributed by atoms with van der Waals surface area (Å²) in [6.45, 7) is 4.53. The third-order valence-electron chi connectivity index (χ3n) is 5.85. The van der Waals surface area contributed by atoms with Gasteiger partial charge >= 0.3 is 0 Å². The zero-order chi connectivity index (χ0) is 21.6. The minimum absolute atomic E-state index is 0.0446. The van der Waals surface area contributed by atoms with Gasteiger partial charge in [-0.05, 0) is 79.0 Å². The van der Waals surface area contributed by atoms with Crippen molar-refractivity contribution in [1.29, 1.82) is 0 Å². The lowest BCUT2D eigenvalue weighted by atomic mass is 9.83. The smallest absolute Gasteiger partial charge is 0.251 e. The molecule has 1 fully saturated rings. The van der Waals surface area contributed by atoms with Gasteiger partial charge in [-0.1, -0.05) is 30.7 Å². The lowest BCUT2D eigenvalue weighted by Crippen LogP contribution is -2.25. The molecule has 0 saturated heterocycles. The molecule has 4 rings (SSSR count). The molecular weight excluding hydrogens is 422 g/mol. The summed E-state index contributed by atoms with van der Waals surface area (Å²) in [6.07, 6.45) is 8.08. The minimum atomic E-state index is -0.0446. The normalized spacial score (nSPS) is 13.5. The van der Waals surface area contributed by atoms with Crippen molar-refractivity contribution in [1.82, 2.24) is 5.32 Å². The molecule has 0 spiro atoms. The van der Waals surface area contributed by atoms with E-state index in [9.17, 15) is 4.79 Å². The Morgan fingerprint density at radius 2 is 2.03 bits per heavy atom. The zero-order valence-corrected chi connectivity index (χ0v) is 19.2. The van der Waals surface area contributed by atoms with Gasteiger partial charge in [0.2, 0.25) is 0 Å². The fourth-order valence-corrected chi connectivity index (χ4v) is 5.33. The van der Waals surface area contributed by atoms with Gasteiger partial charge in [-0.15, -0.1) is 17.9 Å². The molecule has 1 heterocycles. The third-order valence-corrected chi connectivity index (χ3v) is 7.10. The Morgan fingerprint density at radius 3 is 2.74 bits per heavy atom. The van der Waals surface area contributed by atoms with Crippen molar-refractivity contribution in [3.8, 4) is 5.75 Å². The Hall–Kier alpha value is -2.50. The third kappa shape index (κ3) is 5.23. The average Bonchev–Trinajstić information content (AvgIpc) is 3.16. The van der Waals surface area contributed by atoms with Crippen LogP contribution in [0.4, 0.5) is 0 Å². The highest BCUT2D eigenvalue weighted by Gasteiger charge is 2.21. The summed E-state index contributed by atoms with van der Waals surface area (Å²) in [5.41, 5.74) is 3.04. The summed E-state index contributed by atoms with van der Waals surface area (Å²) >= 11 is 7.27. The van der Waals surface area contributed by atoms with Crippen LogP contribution < -0.4 is 10.1 Å². The van der Waals surface area contributed by atoms with E-state index in [1.807, 2.05) is 42.5 Å². The van der Waals surface area contributed by atoms with Crippen LogP contribution in [0.1, 0.15) is 47.2 Å². The van der Waals surface area contributed by atoms with Gasteiger partial charge in [0.1, 0.15) is 5.75 Å². The fourth-order valence-electron chi connectivity index (χ4n) is 3.98. The van der Waals surface area contributed by atoms with Crippen molar-refractivity contribution in [2.24, 2.45) is 5.92 Å². The number of ether oxygens (including phenoxy) is 1. The number of carbonyl (C=O) groups is 1. The predicted octanol–water partition coefficient (Wildman–Crippen LogP) is 6.50. The van der Waals surface area contributed by atoms with Crippen LogP contribution in [-0.2, 0) is 12.8 Å². The maximum atomic E-state index is 12.3. The predicted molar refractivity (Wildman–Crippen MR) is 133 cm³/mol. The van der Waals surface area contributed by atoms with Crippen LogP contribution >= 0.6 is 23.6 Å². The van der Waals surface area contributed by atoms with E-state index in [2.05, 4.69) is 23.3 Å². The Bertz CT molecular complexity index is 1080. The lowest BCUT2D eigenvalue weighted by Gasteiger charge is -2.25. The second-order valence-corrected chi connectivity index (χ2v) is 9.38. The SMILES string of the molecule is C=CCc1c(OC(=S)CC2CCC2)ccc2scc(CCNC(=O)c3ccccc3)c12. The van der Waals surface area contributed by atoms with E-state index >= 15 is 0 Å². The quantitative estimate of drug-likeness (QED) is 0.299. The van der Waals surface area contributed by atoms with Gasteiger partial charge in [-0.25, -0.2) is 0 Å². The highest BCUT2D eigenvalue weighted by atomic mass is 32.1. The number of carbonyl (C=O) groups excluding carboxylic acids is 1. The summed E-state index contributed by atoms with van der Waals surface area (Å²) in [7, 11) is 0. The summed E-state index contributed by atoms with van der Waals surface area (Å²) in [4.78, 5) is 12.3. The van der Waals surface area contributed by atoms with Gasteiger partial charge in [-0.3, -0.25) is 4.79 Å². The highest BCUT2D eigenvalue weighted by Crippen LogP contribution is 2.37. The number of amides is 1. The molecule has 160 valence electrons. The summed E-state index contributed by atoms with van der Waals surface area (Å²) in [5.74, 6) is 1.48. The van der Waals surface area contributed by atoms with Gasteiger partial charge in [-0.2, -0.15) is 0 Å². The largest absolute Gasteiger partial charge is 0.450 e. The Kier molecular flexibility index (Phi) is 7.15. The second kappa shape index (κ2) is 10.2. The van der Waals surface area contributed by atoms with Crippen molar-refractivity contribution in [3.05, 3.63) is 77.2 Å². The number of thiophene rings is 1. The van der Waals surface area contributed by atoms with Crippen molar-refractivity contribution in [2.75, 3.05) is 6.54 Å². The Balaban J connectivity index is 1.49. The summed E-state index contributed by atoms with van der Waals surface area (Å²) < 4.78 is 7.38. The standard InChI is InChI=1S/C26H27NO2S2/c1-2-7-21-22(29-24(30)16-18-8-6-9-18)12-13-23-25(21)20(17-31-23)14-15-27-26(28)19-10-4-3-5-11-19/h2-5,10-13,17-18H,1,6-9,14-16H2,(H,27,28). The molecule has 1 amide bonds. The molecule has 0 unspecified atom stereocenters. The molecule has 1 aromatic heterocycles. The number of nitrogens with one attached hydrogen (secondary N) is 1. The summed E-state index contributed by atoms with van der Waals surface area (Å²) in [6, 6.07) is 13.5. The van der Waals surface area contributed by atoms with Gasteiger partial charge in [0.05, 0.1) is 0 Å².